The van der Waals surface area contributed by atoms with Crippen molar-refractivity contribution in [1.82, 2.24) is 0 Å². The molecule has 0 rings (SSSR count). The van der Waals surface area contributed by atoms with Crippen LogP contribution < -0.4 is 0 Å². The minimum Gasteiger partial charge on any atom is -0.233 e. The summed E-state index contributed by atoms with van der Waals surface area (Å²) in [6, 6.07) is 0. The summed E-state index contributed by atoms with van der Waals surface area (Å²) in [6.07, 6.45) is -37.8. The largest absolute Gasteiger partial charge is 0.432 e. The van der Waals surface area contributed by atoms with Crippen molar-refractivity contribution < 1.29 is 74.6 Å². The van der Waals surface area contributed by atoms with Crippen LogP contribution in [0.15, 0.2) is 0 Å². The zero-order valence-corrected chi connectivity index (χ0v) is 13.0. The van der Waals surface area contributed by atoms with Gasteiger partial charge in [0.05, 0.1) is 5.41 Å². The van der Waals surface area contributed by atoms with Gasteiger partial charge in [-0.1, -0.05) is 6.92 Å². The Hall–Kier alpha value is -1.19. The number of hydrogen-bond donors (Lipinski definition) is 0. The first kappa shape index (κ1) is 26.8. The lowest BCUT2D eigenvalue weighted by molar-refractivity contribution is -0.447. The molecule has 0 amide bonds. The van der Waals surface area contributed by atoms with Crippen LogP contribution in [0.5, 0.6) is 0 Å². The first-order valence-electron chi connectivity index (χ1n) is 6.33. The quantitative estimate of drug-likeness (QED) is 0.403. The summed E-state index contributed by atoms with van der Waals surface area (Å²) in [5.41, 5.74) is -21.4. The topological polar surface area (TPSA) is 0 Å². The Bertz CT molecular complexity index is 524. The van der Waals surface area contributed by atoms with Crippen molar-refractivity contribution in [2.24, 2.45) is 11.3 Å². The summed E-state index contributed by atoms with van der Waals surface area (Å²) in [5, 5.41) is 0. The van der Waals surface area contributed by atoms with E-state index in [1.807, 2.05) is 0 Å². The first-order valence-corrected chi connectivity index (χ1v) is 6.33. The molecule has 0 saturated heterocycles. The molecule has 0 aliphatic carbocycles. The standard InChI is InChI=1S/C11H7F17/c1-4(5(2,12)9(20,21)22,3(6(13,14)15)7(16,17)18)8(19,10(23,24)25)11(26,27)28/h3H,1-2H3. The highest BCUT2D eigenvalue weighted by molar-refractivity contribution is 5.20. The fourth-order valence-electron chi connectivity index (χ4n) is 2.68. The molecule has 0 saturated carbocycles. The van der Waals surface area contributed by atoms with Crippen molar-refractivity contribution in [3.63, 3.8) is 0 Å². The van der Waals surface area contributed by atoms with Gasteiger partial charge in [0.2, 0.25) is 5.67 Å². The summed E-state index contributed by atoms with van der Waals surface area (Å²) in [7, 11) is 0. The smallest absolute Gasteiger partial charge is 0.233 e. The van der Waals surface area contributed by atoms with E-state index in [1.54, 1.807) is 0 Å². The molecule has 0 N–H and O–H groups in total. The van der Waals surface area contributed by atoms with Crippen LogP contribution in [0.2, 0.25) is 0 Å². The van der Waals surface area contributed by atoms with Gasteiger partial charge in [0.15, 0.2) is 5.92 Å². The minimum atomic E-state index is -7.93. The van der Waals surface area contributed by atoms with Gasteiger partial charge in [-0.05, 0) is 6.92 Å². The van der Waals surface area contributed by atoms with Crippen molar-refractivity contribution in [1.29, 1.82) is 0 Å². The first-order chi connectivity index (χ1) is 11.6. The van der Waals surface area contributed by atoms with Crippen molar-refractivity contribution in [3.8, 4) is 0 Å². The molecule has 28 heavy (non-hydrogen) atoms. The summed E-state index contributed by atoms with van der Waals surface area (Å²) < 4.78 is 220. The molecule has 0 heterocycles. The summed E-state index contributed by atoms with van der Waals surface area (Å²) in [5.74, 6) is -6.36. The van der Waals surface area contributed by atoms with E-state index >= 15 is 0 Å². The second kappa shape index (κ2) is 6.40. The lowest BCUT2D eigenvalue weighted by Gasteiger charge is -2.54. The molecule has 0 aromatic carbocycles. The third kappa shape index (κ3) is 3.68. The maximum absolute atomic E-state index is 14.2. The molecule has 0 aliphatic rings. The third-order valence-electron chi connectivity index (χ3n) is 4.24. The zero-order chi connectivity index (χ0) is 23.6. The fraction of sp³-hybridized carbons (Fsp3) is 1.00. The Morgan fingerprint density at radius 3 is 0.821 bits per heavy atom. The van der Waals surface area contributed by atoms with Gasteiger partial charge in [0, 0.05) is 0 Å². The van der Waals surface area contributed by atoms with Crippen LogP contribution in [0, 0.1) is 11.3 Å². The molecule has 0 nitrogen and oxygen atoms in total. The van der Waals surface area contributed by atoms with Crippen molar-refractivity contribution in [3.05, 3.63) is 0 Å². The third-order valence-corrected chi connectivity index (χ3v) is 4.24. The van der Waals surface area contributed by atoms with Crippen LogP contribution in [0.3, 0.4) is 0 Å². The van der Waals surface area contributed by atoms with E-state index in [0.717, 1.165) is 0 Å². The summed E-state index contributed by atoms with van der Waals surface area (Å²) in [6.45, 7) is -3.16. The molecule has 2 unspecified atom stereocenters. The van der Waals surface area contributed by atoms with Crippen molar-refractivity contribution in [2.75, 3.05) is 0 Å². The lowest BCUT2D eigenvalue weighted by Crippen LogP contribution is -2.76. The molecule has 0 aromatic heterocycles. The van der Waals surface area contributed by atoms with Crippen LogP contribution in [0.25, 0.3) is 0 Å². The van der Waals surface area contributed by atoms with Crippen LogP contribution in [0.4, 0.5) is 74.6 Å². The highest BCUT2D eigenvalue weighted by Gasteiger charge is 2.92. The number of rotatable bonds is 3. The fourth-order valence-corrected chi connectivity index (χ4v) is 2.68. The minimum absolute atomic E-state index is 1.47. The normalized spacial score (nSPS) is 20.1. The molecule has 0 spiro atoms. The molecule has 0 aromatic rings. The second-order valence-electron chi connectivity index (χ2n) is 5.87. The molecule has 17 heteroatoms. The van der Waals surface area contributed by atoms with E-state index in [9.17, 15) is 74.6 Å². The Morgan fingerprint density at radius 1 is 0.429 bits per heavy atom. The Morgan fingerprint density at radius 2 is 0.679 bits per heavy atom. The monoisotopic (exact) mass is 462 g/mol. The highest BCUT2D eigenvalue weighted by atomic mass is 19.4. The SMILES string of the molecule is CC(F)(C(F)(F)F)C(C)(C(C(F)(F)F)C(F)(F)F)C(F)(C(F)(F)F)C(F)(F)F. The molecule has 2 atom stereocenters. The average molecular weight is 462 g/mol. The molecule has 0 bridgehead atoms. The van der Waals surface area contributed by atoms with Gasteiger partial charge in [0.1, 0.15) is 0 Å². The predicted octanol–water partition coefficient (Wildman–Crippen LogP) is 6.86. The summed E-state index contributed by atoms with van der Waals surface area (Å²) >= 11 is 0. The van der Waals surface area contributed by atoms with Gasteiger partial charge < -0.3 is 0 Å². The van der Waals surface area contributed by atoms with E-state index in [1.165, 1.54) is 0 Å². The molecule has 0 fully saturated rings. The van der Waals surface area contributed by atoms with E-state index < -0.39 is 67.4 Å². The summed E-state index contributed by atoms with van der Waals surface area (Å²) in [4.78, 5) is 0. The van der Waals surface area contributed by atoms with Gasteiger partial charge in [-0.3, -0.25) is 0 Å². The van der Waals surface area contributed by atoms with Crippen LogP contribution in [0.1, 0.15) is 13.8 Å². The Labute approximate surface area is 143 Å². The molecular weight excluding hydrogens is 455 g/mol. The van der Waals surface area contributed by atoms with Gasteiger partial charge in [-0.2, -0.15) is 65.9 Å². The maximum Gasteiger partial charge on any atom is 0.432 e. The van der Waals surface area contributed by atoms with Crippen LogP contribution in [-0.4, -0.2) is 42.2 Å². The van der Waals surface area contributed by atoms with E-state index in [0.29, 0.717) is 0 Å². The maximum atomic E-state index is 14.2. The van der Waals surface area contributed by atoms with Gasteiger partial charge >= 0.3 is 36.6 Å². The predicted molar refractivity (Wildman–Crippen MR) is 55.2 cm³/mol. The highest BCUT2D eigenvalue weighted by Crippen LogP contribution is 2.70. The Kier molecular flexibility index (Phi) is 6.13. The number of halogens is 17. The number of hydrogen-bond acceptors (Lipinski definition) is 0. The Balaban J connectivity index is 7.80. The molecule has 170 valence electrons. The van der Waals surface area contributed by atoms with Crippen LogP contribution in [-0.2, 0) is 0 Å². The van der Waals surface area contributed by atoms with Crippen LogP contribution >= 0.6 is 0 Å². The zero-order valence-electron chi connectivity index (χ0n) is 13.0. The van der Waals surface area contributed by atoms with E-state index in [2.05, 4.69) is 0 Å². The van der Waals surface area contributed by atoms with Crippen molar-refractivity contribution >= 4 is 0 Å². The van der Waals surface area contributed by atoms with E-state index in [4.69, 9.17) is 0 Å². The number of alkyl halides is 17. The molecular formula is C11H7F17. The van der Waals surface area contributed by atoms with Gasteiger partial charge in [-0.25, -0.2) is 8.78 Å². The molecule has 0 radical (unpaired) electrons. The second-order valence-corrected chi connectivity index (χ2v) is 5.87. The van der Waals surface area contributed by atoms with Crippen molar-refractivity contribution in [2.45, 2.75) is 56.1 Å². The lowest BCUT2D eigenvalue weighted by atomic mass is 9.56. The van der Waals surface area contributed by atoms with Gasteiger partial charge in [0.25, 0.3) is 0 Å². The average Bonchev–Trinajstić information content (AvgIpc) is 2.28. The van der Waals surface area contributed by atoms with Gasteiger partial charge in [-0.15, -0.1) is 0 Å². The molecule has 0 aliphatic heterocycles. The van der Waals surface area contributed by atoms with E-state index in [-0.39, 0.29) is 0 Å².